The fourth-order valence-corrected chi connectivity index (χ4v) is 1.94. The molecule has 0 saturated carbocycles. The molecule has 2 heterocycles. The summed E-state index contributed by atoms with van der Waals surface area (Å²) in [4.78, 5) is 2.17. The van der Waals surface area contributed by atoms with E-state index in [9.17, 15) is 0 Å². The predicted octanol–water partition coefficient (Wildman–Crippen LogP) is 0.466. The molecular formula is C7H12N4S. The van der Waals surface area contributed by atoms with Gasteiger partial charge >= 0.3 is 0 Å². The monoisotopic (exact) mass is 184 g/mol. The molecule has 66 valence electrons. The van der Waals surface area contributed by atoms with Crippen molar-refractivity contribution in [2.45, 2.75) is 18.9 Å². The highest BCUT2D eigenvalue weighted by Gasteiger charge is 2.38. The first kappa shape index (κ1) is 7.94. The van der Waals surface area contributed by atoms with Crippen LogP contribution in [0.25, 0.3) is 0 Å². The van der Waals surface area contributed by atoms with Crippen molar-refractivity contribution in [2.75, 3.05) is 18.0 Å². The molecule has 2 N–H and O–H groups in total. The third-order valence-electron chi connectivity index (χ3n) is 2.33. The molecule has 5 heteroatoms. The van der Waals surface area contributed by atoms with E-state index in [1.165, 1.54) is 0 Å². The molecule has 1 aliphatic heterocycles. The summed E-state index contributed by atoms with van der Waals surface area (Å²) in [7, 11) is 0. The Hall–Kier alpha value is -0.680. The lowest BCUT2D eigenvalue weighted by Crippen LogP contribution is -2.67. The Morgan fingerprint density at radius 1 is 1.75 bits per heavy atom. The highest BCUT2D eigenvalue weighted by atomic mass is 32.1. The van der Waals surface area contributed by atoms with Crippen molar-refractivity contribution in [2.24, 2.45) is 5.73 Å². The quantitative estimate of drug-likeness (QED) is 0.725. The maximum atomic E-state index is 6.01. The molecule has 1 aromatic rings. The summed E-state index contributed by atoms with van der Waals surface area (Å²) in [5.41, 5.74) is 7.78. The molecule has 0 aliphatic carbocycles. The number of aromatic nitrogens is 2. The zero-order chi connectivity index (χ0) is 8.60. The molecule has 0 atom stereocenters. The van der Waals surface area contributed by atoms with E-state index in [0.29, 0.717) is 0 Å². The van der Waals surface area contributed by atoms with Crippen molar-refractivity contribution in [1.29, 1.82) is 0 Å². The van der Waals surface area contributed by atoms with Crippen LogP contribution in [0.5, 0.6) is 0 Å². The second-order valence-corrected chi connectivity index (χ2v) is 4.10. The van der Waals surface area contributed by atoms with E-state index in [1.807, 2.05) is 0 Å². The average Bonchev–Trinajstić information content (AvgIpc) is 2.50. The van der Waals surface area contributed by atoms with E-state index in [1.54, 1.807) is 16.8 Å². The van der Waals surface area contributed by atoms with E-state index in [4.69, 9.17) is 5.73 Å². The first-order valence-corrected chi connectivity index (χ1v) is 4.91. The van der Waals surface area contributed by atoms with Crippen molar-refractivity contribution < 1.29 is 0 Å². The van der Waals surface area contributed by atoms with Gasteiger partial charge in [-0.25, -0.2) is 0 Å². The first-order chi connectivity index (χ1) is 5.73. The van der Waals surface area contributed by atoms with Gasteiger partial charge in [0.05, 0.1) is 5.54 Å². The van der Waals surface area contributed by atoms with Crippen LogP contribution in [0.3, 0.4) is 0 Å². The number of anilines is 1. The van der Waals surface area contributed by atoms with Gasteiger partial charge in [0.1, 0.15) is 5.51 Å². The van der Waals surface area contributed by atoms with Crippen molar-refractivity contribution in [3.05, 3.63) is 5.51 Å². The molecule has 0 bridgehead atoms. The van der Waals surface area contributed by atoms with Crippen LogP contribution in [-0.4, -0.2) is 28.8 Å². The van der Waals surface area contributed by atoms with Gasteiger partial charge in [-0.1, -0.05) is 18.3 Å². The molecule has 1 aromatic heterocycles. The van der Waals surface area contributed by atoms with Gasteiger partial charge in [0.15, 0.2) is 0 Å². The fraction of sp³-hybridized carbons (Fsp3) is 0.714. The van der Waals surface area contributed by atoms with Crippen LogP contribution in [0.1, 0.15) is 13.3 Å². The Balaban J connectivity index is 1.98. The number of nitrogens with zero attached hydrogens (tertiary/aromatic N) is 3. The van der Waals surface area contributed by atoms with Crippen LogP contribution in [0.15, 0.2) is 5.51 Å². The van der Waals surface area contributed by atoms with Crippen molar-refractivity contribution in [1.82, 2.24) is 10.2 Å². The van der Waals surface area contributed by atoms with Gasteiger partial charge in [0.2, 0.25) is 5.13 Å². The second kappa shape index (κ2) is 2.67. The van der Waals surface area contributed by atoms with Crippen LogP contribution in [0.2, 0.25) is 0 Å². The van der Waals surface area contributed by atoms with Gasteiger partial charge in [-0.3, -0.25) is 0 Å². The molecule has 0 radical (unpaired) electrons. The van der Waals surface area contributed by atoms with Crippen LogP contribution < -0.4 is 10.6 Å². The molecule has 2 rings (SSSR count). The molecule has 1 fully saturated rings. The summed E-state index contributed by atoms with van der Waals surface area (Å²) in [5.74, 6) is 0. The van der Waals surface area contributed by atoms with E-state index < -0.39 is 0 Å². The summed E-state index contributed by atoms with van der Waals surface area (Å²) in [6.07, 6.45) is 1.03. The van der Waals surface area contributed by atoms with Gasteiger partial charge in [-0.15, -0.1) is 10.2 Å². The minimum absolute atomic E-state index is 0.0195. The molecule has 12 heavy (non-hydrogen) atoms. The number of hydrogen-bond donors (Lipinski definition) is 1. The standard InChI is InChI=1S/C7H12N4S/c1-2-7(8)3-11(4-7)6-10-9-5-12-6/h5H,2-4,8H2,1H3. The third-order valence-corrected chi connectivity index (χ3v) is 3.09. The van der Waals surface area contributed by atoms with Crippen LogP contribution in [0.4, 0.5) is 5.13 Å². The lowest BCUT2D eigenvalue weighted by molar-refractivity contribution is 0.321. The molecule has 0 aromatic carbocycles. The summed E-state index contributed by atoms with van der Waals surface area (Å²) >= 11 is 1.57. The van der Waals surface area contributed by atoms with Crippen LogP contribution >= 0.6 is 11.3 Å². The molecule has 1 saturated heterocycles. The lowest BCUT2D eigenvalue weighted by Gasteiger charge is -2.47. The molecule has 0 unspecified atom stereocenters. The van der Waals surface area contributed by atoms with E-state index >= 15 is 0 Å². The Morgan fingerprint density at radius 2 is 2.50 bits per heavy atom. The first-order valence-electron chi connectivity index (χ1n) is 4.03. The third kappa shape index (κ3) is 1.19. The predicted molar refractivity (Wildman–Crippen MR) is 49.3 cm³/mol. The Labute approximate surface area is 75.4 Å². The highest BCUT2D eigenvalue weighted by molar-refractivity contribution is 7.13. The van der Waals surface area contributed by atoms with Gasteiger partial charge in [-0.2, -0.15) is 0 Å². The summed E-state index contributed by atoms with van der Waals surface area (Å²) < 4.78 is 0. The zero-order valence-corrected chi connectivity index (χ0v) is 7.84. The smallest absolute Gasteiger partial charge is 0.208 e. The Bertz CT molecular complexity index is 252. The fourth-order valence-electron chi connectivity index (χ4n) is 1.38. The zero-order valence-electron chi connectivity index (χ0n) is 7.03. The van der Waals surface area contributed by atoms with Crippen molar-refractivity contribution in [3.8, 4) is 0 Å². The van der Waals surface area contributed by atoms with Gasteiger partial charge in [-0.05, 0) is 6.42 Å². The summed E-state index contributed by atoms with van der Waals surface area (Å²) in [6.45, 7) is 3.95. The normalized spacial score (nSPS) is 20.7. The van der Waals surface area contributed by atoms with Crippen molar-refractivity contribution in [3.63, 3.8) is 0 Å². The minimum atomic E-state index is 0.0195. The highest BCUT2D eigenvalue weighted by Crippen LogP contribution is 2.28. The molecule has 1 aliphatic rings. The number of rotatable bonds is 2. The Morgan fingerprint density at radius 3 is 3.00 bits per heavy atom. The van der Waals surface area contributed by atoms with E-state index in [-0.39, 0.29) is 5.54 Å². The van der Waals surface area contributed by atoms with E-state index in [0.717, 1.165) is 24.6 Å². The SMILES string of the molecule is CCC1(N)CN(c2nncs2)C1. The van der Waals surface area contributed by atoms with E-state index in [2.05, 4.69) is 22.0 Å². The van der Waals surface area contributed by atoms with Gasteiger partial charge in [0.25, 0.3) is 0 Å². The van der Waals surface area contributed by atoms with Crippen molar-refractivity contribution >= 4 is 16.5 Å². The summed E-state index contributed by atoms with van der Waals surface area (Å²) in [6, 6.07) is 0. The molecule has 0 spiro atoms. The second-order valence-electron chi connectivity index (χ2n) is 3.29. The average molecular weight is 184 g/mol. The minimum Gasteiger partial charge on any atom is -0.343 e. The van der Waals surface area contributed by atoms with Gasteiger partial charge < -0.3 is 10.6 Å². The topological polar surface area (TPSA) is 55.0 Å². The largest absolute Gasteiger partial charge is 0.343 e. The number of nitrogens with two attached hydrogens (primary N) is 1. The number of hydrogen-bond acceptors (Lipinski definition) is 5. The van der Waals surface area contributed by atoms with Gasteiger partial charge in [0, 0.05) is 13.1 Å². The van der Waals surface area contributed by atoms with Crippen LogP contribution in [-0.2, 0) is 0 Å². The molecular weight excluding hydrogens is 172 g/mol. The van der Waals surface area contributed by atoms with Crippen LogP contribution in [0, 0.1) is 0 Å². The molecule has 4 nitrogen and oxygen atoms in total. The maximum Gasteiger partial charge on any atom is 0.208 e. The molecule has 0 amide bonds. The maximum absolute atomic E-state index is 6.01. The Kier molecular flexibility index (Phi) is 1.77. The summed E-state index contributed by atoms with van der Waals surface area (Å²) in [5, 5.41) is 8.75. The lowest BCUT2D eigenvalue weighted by atomic mass is 9.89.